The highest BCUT2D eigenvalue weighted by atomic mass is 32.2. The minimum atomic E-state index is -4.76. The highest BCUT2D eigenvalue weighted by Crippen LogP contribution is 2.41. The third-order valence-corrected chi connectivity index (χ3v) is 15.8. The SMILES string of the molecule is COC[C@H]1CN[C@H](C)CN1CC(=O)N1CC(C)(C)c2nc(CN3CCN(CCOCCOCCOCCOCC(=O)Nc4ccc(Nc5ncc(C(F)(F)F)c(NCc6cccc(S(C)(=O)=O)c6)n5)cc4)CC3)c(Cc3ccc(F)cc3)cc21. The van der Waals surface area contributed by atoms with Gasteiger partial charge in [0.15, 0.2) is 9.84 Å². The number of alkyl halides is 3. The fourth-order valence-electron chi connectivity index (χ4n) is 10.2. The molecule has 456 valence electrons. The summed E-state index contributed by atoms with van der Waals surface area (Å²) in [6.45, 7) is 16.5. The average molecular weight is 1190 g/mol. The Morgan fingerprint density at radius 2 is 1.50 bits per heavy atom. The van der Waals surface area contributed by atoms with E-state index in [2.05, 4.69) is 72.8 Å². The highest BCUT2D eigenvalue weighted by Gasteiger charge is 2.42. The molecule has 25 heteroatoms. The van der Waals surface area contributed by atoms with E-state index in [1.165, 1.54) is 30.3 Å². The number of hydrogen-bond acceptors (Lipinski definition) is 18. The van der Waals surface area contributed by atoms with Crippen molar-refractivity contribution in [3.8, 4) is 0 Å². The van der Waals surface area contributed by atoms with Crippen LogP contribution in [0.2, 0.25) is 0 Å². The first-order valence-corrected chi connectivity index (χ1v) is 30.0. The second kappa shape index (κ2) is 29.7. The highest BCUT2D eigenvalue weighted by molar-refractivity contribution is 7.90. The predicted octanol–water partition coefficient (Wildman–Crippen LogP) is 6.14. The molecule has 0 bridgehead atoms. The fourth-order valence-corrected chi connectivity index (χ4v) is 10.9. The lowest BCUT2D eigenvalue weighted by Crippen LogP contribution is -2.59. The molecular weight excluding hydrogens is 1110 g/mol. The van der Waals surface area contributed by atoms with Gasteiger partial charge in [0.1, 0.15) is 23.8 Å². The lowest BCUT2D eigenvalue weighted by atomic mass is 9.90. The first-order valence-electron chi connectivity index (χ1n) is 28.1. The van der Waals surface area contributed by atoms with Gasteiger partial charge in [-0.3, -0.25) is 29.3 Å². The summed E-state index contributed by atoms with van der Waals surface area (Å²) < 4.78 is 107. The molecule has 2 fully saturated rings. The lowest BCUT2D eigenvalue weighted by molar-refractivity contribution is -0.137. The van der Waals surface area contributed by atoms with Crippen molar-refractivity contribution in [1.82, 2.24) is 35.0 Å². The number of sulfone groups is 1. The van der Waals surface area contributed by atoms with E-state index >= 15 is 0 Å². The van der Waals surface area contributed by atoms with Crippen LogP contribution >= 0.6 is 0 Å². The molecule has 8 rings (SSSR count). The second-order valence-corrected chi connectivity index (χ2v) is 24.0. The second-order valence-electron chi connectivity index (χ2n) is 22.0. The van der Waals surface area contributed by atoms with Crippen molar-refractivity contribution < 1.29 is 59.3 Å². The Morgan fingerprint density at radius 3 is 2.18 bits per heavy atom. The number of halogens is 4. The zero-order chi connectivity index (χ0) is 59.9. The van der Waals surface area contributed by atoms with E-state index in [0.717, 1.165) is 80.3 Å². The summed E-state index contributed by atoms with van der Waals surface area (Å²) in [6.07, 6.45) is -2.49. The number of aromatic nitrogens is 3. The van der Waals surface area contributed by atoms with Gasteiger partial charge >= 0.3 is 6.18 Å². The summed E-state index contributed by atoms with van der Waals surface area (Å²) in [5, 5.41) is 11.7. The van der Waals surface area contributed by atoms with Gasteiger partial charge in [-0.1, -0.05) is 38.1 Å². The number of nitrogens with one attached hydrogen (secondary N) is 4. The summed E-state index contributed by atoms with van der Waals surface area (Å²) in [5.74, 6) is -1.25. The molecule has 3 aliphatic heterocycles. The number of benzene rings is 3. The number of carbonyl (C=O) groups excluding carboxylic acids is 2. The van der Waals surface area contributed by atoms with E-state index in [9.17, 15) is 35.6 Å². The first-order chi connectivity index (χ1) is 40.2. The molecule has 20 nitrogen and oxygen atoms in total. The fraction of sp³-hybridized carbons (Fsp3) is 0.508. The average Bonchev–Trinajstić information content (AvgIpc) is 1.87. The predicted molar refractivity (Wildman–Crippen MR) is 311 cm³/mol. The molecule has 3 aliphatic rings. The Morgan fingerprint density at radius 1 is 0.833 bits per heavy atom. The van der Waals surface area contributed by atoms with Gasteiger partial charge < -0.3 is 49.9 Å². The van der Waals surface area contributed by atoms with Crippen molar-refractivity contribution in [3.63, 3.8) is 0 Å². The minimum Gasteiger partial charge on any atom is -0.383 e. The van der Waals surface area contributed by atoms with Crippen LogP contribution in [0.1, 0.15) is 54.4 Å². The van der Waals surface area contributed by atoms with E-state index in [-0.39, 0.29) is 66.4 Å². The number of amides is 2. The molecule has 5 heterocycles. The molecule has 0 saturated carbocycles. The normalized spacial score (nSPS) is 17.8. The molecule has 0 spiro atoms. The molecule has 84 heavy (non-hydrogen) atoms. The number of pyridine rings is 1. The van der Waals surface area contributed by atoms with Crippen LogP contribution in [-0.2, 0) is 74.2 Å². The van der Waals surface area contributed by atoms with Gasteiger partial charge in [0.05, 0.1) is 81.4 Å². The molecule has 0 aliphatic carbocycles. The number of ether oxygens (including phenoxy) is 5. The third-order valence-electron chi connectivity index (χ3n) is 14.7. The van der Waals surface area contributed by atoms with E-state index in [1.54, 1.807) is 37.4 Å². The maximum absolute atomic E-state index is 14.2. The van der Waals surface area contributed by atoms with Crippen LogP contribution in [0, 0.1) is 5.82 Å². The summed E-state index contributed by atoms with van der Waals surface area (Å²) in [6, 6.07) is 21.4. The smallest absolute Gasteiger partial charge is 0.383 e. The summed E-state index contributed by atoms with van der Waals surface area (Å²) in [4.78, 5) is 48.9. The van der Waals surface area contributed by atoms with E-state index in [4.69, 9.17) is 28.7 Å². The summed E-state index contributed by atoms with van der Waals surface area (Å²) in [7, 11) is -1.82. The zero-order valence-corrected chi connectivity index (χ0v) is 49.1. The van der Waals surface area contributed by atoms with Crippen molar-refractivity contribution >= 4 is 50.5 Å². The van der Waals surface area contributed by atoms with Crippen LogP contribution in [0.4, 0.5) is 46.4 Å². The molecule has 2 saturated heterocycles. The first kappa shape index (κ1) is 63.8. The lowest BCUT2D eigenvalue weighted by Gasteiger charge is -2.39. The van der Waals surface area contributed by atoms with E-state index in [0.29, 0.717) is 88.8 Å². The van der Waals surface area contributed by atoms with Gasteiger partial charge in [-0.2, -0.15) is 18.2 Å². The van der Waals surface area contributed by atoms with Crippen molar-refractivity contribution in [2.45, 2.75) is 68.9 Å². The summed E-state index contributed by atoms with van der Waals surface area (Å²) in [5.41, 5.74) is 4.67. The third kappa shape index (κ3) is 18.6. The molecular formula is C59H77F4N11O9S. The Balaban J connectivity index is 0.684. The summed E-state index contributed by atoms with van der Waals surface area (Å²) >= 11 is 0. The van der Waals surface area contributed by atoms with Crippen LogP contribution in [0.15, 0.2) is 90.0 Å². The number of anilines is 5. The number of nitrogens with zero attached hydrogens (tertiary/aromatic N) is 7. The monoisotopic (exact) mass is 1190 g/mol. The number of fused-ring (bicyclic) bond motifs is 1. The molecule has 0 unspecified atom stereocenters. The topological polar surface area (TPSA) is 214 Å². The Bertz CT molecular complexity index is 3080. The van der Waals surface area contributed by atoms with Crippen LogP contribution in [-0.4, -0.2) is 194 Å². The number of hydrogen-bond donors (Lipinski definition) is 4. The Labute approximate surface area is 488 Å². The van der Waals surface area contributed by atoms with Crippen molar-refractivity contribution in [3.05, 3.63) is 125 Å². The van der Waals surface area contributed by atoms with Gasteiger partial charge in [-0.15, -0.1) is 0 Å². The largest absolute Gasteiger partial charge is 0.421 e. The van der Waals surface area contributed by atoms with Gasteiger partial charge in [-0.25, -0.2) is 17.8 Å². The Kier molecular flexibility index (Phi) is 22.5. The van der Waals surface area contributed by atoms with Gasteiger partial charge in [0.2, 0.25) is 17.8 Å². The molecule has 4 N–H and O–H groups in total. The molecule has 3 aromatic carbocycles. The molecule has 2 atom stereocenters. The standard InChI is InChI=1S/C59H77F4N11O9S/c1-41-35-73(48(33-64-41)38-79-4)37-54(76)74-40-58(2,3)55-52(74)31-44(29-42-9-11-45(60)12-10-42)51(69-55)36-72-19-17-71(18-20-72)21-22-80-23-24-81-25-26-82-27-28-83-39-53(75)67-46-13-15-47(16-14-46)68-57-66-34-50(59(61,62)63)56(70-57)65-32-43-7-6-8-49(30-43)84(5,77)78/h6-16,30-31,34,41,48,64H,17-29,32-33,35-40H2,1-5H3,(H,67,75)(H2,65,66,68,70)/t41-,48-/m1/s1. The maximum atomic E-state index is 14.2. The van der Waals surface area contributed by atoms with Gasteiger partial charge in [0.25, 0.3) is 0 Å². The quantitative estimate of drug-likeness (QED) is 0.0313. The number of piperazine rings is 2. The van der Waals surface area contributed by atoms with Crippen molar-refractivity contribution in [2.24, 2.45) is 0 Å². The zero-order valence-electron chi connectivity index (χ0n) is 48.3. The molecule has 2 amide bonds. The number of carbonyl (C=O) groups is 2. The van der Waals surface area contributed by atoms with Crippen molar-refractivity contribution in [1.29, 1.82) is 0 Å². The van der Waals surface area contributed by atoms with Crippen LogP contribution in [0.3, 0.4) is 0 Å². The molecule has 0 radical (unpaired) electrons. The van der Waals surface area contributed by atoms with Gasteiger partial charge in [-0.05, 0) is 84.6 Å². The Hall–Kier alpha value is -6.26. The van der Waals surface area contributed by atoms with E-state index < -0.39 is 33.3 Å². The maximum Gasteiger partial charge on any atom is 0.421 e. The van der Waals surface area contributed by atoms with Crippen molar-refractivity contribution in [2.75, 3.05) is 153 Å². The molecule has 2 aromatic heterocycles. The molecule has 5 aromatic rings. The number of methoxy groups -OCH3 is 1. The van der Waals surface area contributed by atoms with Crippen LogP contribution < -0.4 is 26.2 Å². The van der Waals surface area contributed by atoms with Crippen LogP contribution in [0.25, 0.3) is 0 Å². The minimum absolute atomic E-state index is 0.0378. The number of rotatable bonds is 29. The van der Waals surface area contributed by atoms with Gasteiger partial charge in [0, 0.05) is 114 Å². The van der Waals surface area contributed by atoms with E-state index in [1.807, 2.05) is 17.0 Å². The van der Waals surface area contributed by atoms with Crippen LogP contribution in [0.5, 0.6) is 0 Å².